The number of alkyl halides is 2. The van der Waals surface area contributed by atoms with Crippen molar-refractivity contribution in [1.82, 2.24) is 9.97 Å². The molecule has 0 spiro atoms. The summed E-state index contributed by atoms with van der Waals surface area (Å²) in [4.78, 5) is 8.87. The average molecular weight is 661 g/mol. The molecule has 0 saturated heterocycles. The predicted octanol–water partition coefficient (Wildman–Crippen LogP) is 11.2. The molecule has 0 radical (unpaired) electrons. The summed E-state index contributed by atoms with van der Waals surface area (Å²) in [7, 11) is 0. The molecule has 3 aromatic carbocycles. The van der Waals surface area contributed by atoms with Gasteiger partial charge in [-0.1, -0.05) is 44.7 Å². The number of hydrogen-bond acceptors (Lipinski definition) is 3. The largest absolute Gasteiger partial charge is 0.429 e. The van der Waals surface area contributed by atoms with Gasteiger partial charge in [0.1, 0.15) is 23.2 Å². The van der Waals surface area contributed by atoms with E-state index in [2.05, 4.69) is 21.6 Å². The number of hydrogen-bond donors (Lipinski definition) is 0. The first-order valence-corrected chi connectivity index (χ1v) is 15.5. The second kappa shape index (κ2) is 14.6. The summed E-state index contributed by atoms with van der Waals surface area (Å²) in [6, 6.07) is 5.90. The van der Waals surface area contributed by atoms with Gasteiger partial charge in [0.25, 0.3) is 0 Å². The van der Waals surface area contributed by atoms with Crippen LogP contribution < -0.4 is 4.74 Å². The number of nitrogens with zero attached hydrogens (tertiary/aromatic N) is 2. The highest BCUT2D eigenvalue weighted by Crippen LogP contribution is 2.38. The van der Waals surface area contributed by atoms with E-state index in [0.29, 0.717) is 23.4 Å². The number of aromatic nitrogens is 2. The SMILES string of the molecule is CCCCCC1CCC(c2cnc(-c3ccc(-c4cc(F)c(/C=C/C(F)(F)Oc5cc(F)c(F)c(F)c5)c(F)c4)c(F)c3)nc2)CC1. The maximum atomic E-state index is 15.2. The summed E-state index contributed by atoms with van der Waals surface area (Å²) in [5, 5.41) is 0. The van der Waals surface area contributed by atoms with Crippen molar-refractivity contribution >= 4 is 6.08 Å². The van der Waals surface area contributed by atoms with E-state index in [9.17, 15) is 30.7 Å². The third kappa shape index (κ3) is 8.36. The van der Waals surface area contributed by atoms with Crippen molar-refractivity contribution in [3.05, 3.63) is 107 Å². The minimum atomic E-state index is -4.29. The number of unbranched alkanes of at least 4 members (excludes halogenated alkanes) is 2. The van der Waals surface area contributed by atoms with Crippen molar-refractivity contribution in [2.45, 2.75) is 70.3 Å². The Morgan fingerprint density at radius 2 is 1.38 bits per heavy atom. The van der Waals surface area contributed by atoms with Gasteiger partial charge in [0.2, 0.25) is 0 Å². The predicted molar refractivity (Wildman–Crippen MR) is 163 cm³/mol. The molecule has 4 aromatic rings. The lowest BCUT2D eigenvalue weighted by atomic mass is 9.77. The van der Waals surface area contributed by atoms with E-state index in [0.717, 1.165) is 42.5 Å². The molecule has 248 valence electrons. The van der Waals surface area contributed by atoms with Crippen molar-refractivity contribution in [1.29, 1.82) is 0 Å². The molecule has 0 bridgehead atoms. The monoisotopic (exact) mass is 660 g/mol. The van der Waals surface area contributed by atoms with Crippen LogP contribution in [0.2, 0.25) is 0 Å². The Balaban J connectivity index is 1.26. The van der Waals surface area contributed by atoms with Gasteiger partial charge >= 0.3 is 6.11 Å². The van der Waals surface area contributed by atoms with E-state index in [1.165, 1.54) is 50.7 Å². The van der Waals surface area contributed by atoms with Crippen molar-refractivity contribution in [3.63, 3.8) is 0 Å². The Labute approximate surface area is 267 Å². The van der Waals surface area contributed by atoms with Crippen LogP contribution in [0.25, 0.3) is 28.6 Å². The zero-order valence-corrected chi connectivity index (χ0v) is 25.5. The molecular formula is C36H32F8N2O. The van der Waals surface area contributed by atoms with E-state index in [1.54, 1.807) is 12.4 Å². The van der Waals surface area contributed by atoms with Gasteiger partial charge in [0.15, 0.2) is 23.3 Å². The molecule has 0 N–H and O–H groups in total. The lowest BCUT2D eigenvalue weighted by Gasteiger charge is -2.28. The van der Waals surface area contributed by atoms with Crippen molar-refractivity contribution < 1.29 is 39.9 Å². The zero-order valence-electron chi connectivity index (χ0n) is 25.5. The lowest BCUT2D eigenvalue weighted by Crippen LogP contribution is -2.21. The second-order valence-corrected chi connectivity index (χ2v) is 11.8. The van der Waals surface area contributed by atoms with Crippen LogP contribution in [0.1, 0.15) is 75.3 Å². The molecule has 1 heterocycles. The summed E-state index contributed by atoms with van der Waals surface area (Å²) >= 11 is 0. The number of halogens is 8. The van der Waals surface area contributed by atoms with Crippen LogP contribution in [-0.2, 0) is 0 Å². The Hall–Kier alpha value is -4.28. The molecule has 0 aliphatic heterocycles. The highest BCUT2D eigenvalue weighted by Gasteiger charge is 2.29. The van der Waals surface area contributed by atoms with Crippen LogP contribution in [0.3, 0.4) is 0 Å². The van der Waals surface area contributed by atoms with Gasteiger partial charge in [0.05, 0.1) is 0 Å². The molecule has 3 nitrogen and oxygen atoms in total. The maximum absolute atomic E-state index is 15.2. The number of rotatable bonds is 11. The minimum Gasteiger partial charge on any atom is -0.429 e. The summed E-state index contributed by atoms with van der Waals surface area (Å²) in [5.74, 6) is -8.40. The number of benzene rings is 3. The van der Waals surface area contributed by atoms with E-state index in [-0.39, 0.29) is 29.3 Å². The topological polar surface area (TPSA) is 35.0 Å². The van der Waals surface area contributed by atoms with Crippen LogP contribution in [0.15, 0.2) is 60.9 Å². The van der Waals surface area contributed by atoms with Gasteiger partial charge in [-0.2, -0.15) is 8.78 Å². The van der Waals surface area contributed by atoms with Crippen LogP contribution in [0, 0.1) is 40.8 Å². The minimum absolute atomic E-state index is 0.0480. The average Bonchev–Trinajstić information content (AvgIpc) is 3.03. The van der Waals surface area contributed by atoms with Gasteiger partial charge in [-0.3, -0.25) is 0 Å². The van der Waals surface area contributed by atoms with Crippen LogP contribution in [0.4, 0.5) is 35.1 Å². The molecule has 47 heavy (non-hydrogen) atoms. The van der Waals surface area contributed by atoms with Gasteiger partial charge < -0.3 is 4.74 Å². The Bertz CT molecular complexity index is 1690. The third-order valence-electron chi connectivity index (χ3n) is 8.48. The first-order valence-electron chi connectivity index (χ1n) is 15.5. The first-order chi connectivity index (χ1) is 22.4. The van der Waals surface area contributed by atoms with E-state index >= 15 is 4.39 Å². The standard InChI is InChI=1S/C36H32F8N2O/c1-2-3-4-5-21-6-8-22(9-7-21)25-19-45-35(46-20-25)23-10-11-27(29(37)14-23)24-15-30(38)28(31(39)16-24)12-13-36(43,44)47-26-17-32(40)34(42)33(41)18-26/h10-22H,2-9H2,1H3/b13-12+. The molecule has 11 heteroatoms. The summed E-state index contributed by atoms with van der Waals surface area (Å²) in [6.45, 7) is 2.21. The zero-order chi connectivity index (χ0) is 33.7. The van der Waals surface area contributed by atoms with E-state index < -0.39 is 52.3 Å². The summed E-state index contributed by atoms with van der Waals surface area (Å²) in [6.07, 6.45) is 9.13. The quantitative estimate of drug-likeness (QED) is 0.0912. The van der Waals surface area contributed by atoms with Gasteiger partial charge in [0, 0.05) is 47.3 Å². The van der Waals surface area contributed by atoms with Gasteiger partial charge in [-0.05, 0) is 72.9 Å². The molecule has 0 unspecified atom stereocenters. The number of ether oxygens (including phenoxy) is 1. The normalized spacial score (nSPS) is 17.0. The smallest absolute Gasteiger partial charge is 0.419 e. The van der Waals surface area contributed by atoms with Crippen molar-refractivity contribution in [2.24, 2.45) is 5.92 Å². The van der Waals surface area contributed by atoms with Gasteiger partial charge in [-0.15, -0.1) is 0 Å². The fraction of sp³-hybridized carbons (Fsp3) is 0.333. The lowest BCUT2D eigenvalue weighted by molar-refractivity contribution is -0.131. The van der Waals surface area contributed by atoms with Crippen LogP contribution in [0.5, 0.6) is 5.75 Å². The van der Waals surface area contributed by atoms with Gasteiger partial charge in [-0.25, -0.2) is 36.3 Å². The molecule has 1 fully saturated rings. The van der Waals surface area contributed by atoms with Crippen LogP contribution in [-0.4, -0.2) is 16.1 Å². The molecule has 1 saturated carbocycles. The van der Waals surface area contributed by atoms with E-state index in [4.69, 9.17) is 0 Å². The molecular weight excluding hydrogens is 628 g/mol. The van der Waals surface area contributed by atoms with Crippen molar-refractivity contribution in [3.8, 4) is 28.3 Å². The molecule has 0 atom stereocenters. The fourth-order valence-corrected chi connectivity index (χ4v) is 5.92. The molecule has 1 aromatic heterocycles. The second-order valence-electron chi connectivity index (χ2n) is 11.8. The Kier molecular flexibility index (Phi) is 10.6. The van der Waals surface area contributed by atoms with E-state index in [1.807, 2.05) is 0 Å². The first kappa shape index (κ1) is 34.1. The third-order valence-corrected chi connectivity index (χ3v) is 8.48. The van der Waals surface area contributed by atoms with Crippen molar-refractivity contribution in [2.75, 3.05) is 0 Å². The fourth-order valence-electron chi connectivity index (χ4n) is 5.92. The summed E-state index contributed by atoms with van der Waals surface area (Å²) in [5.41, 5.74) is 0.164. The Morgan fingerprint density at radius 3 is 1.98 bits per heavy atom. The highest BCUT2D eigenvalue weighted by molar-refractivity contribution is 5.70. The molecule has 5 rings (SSSR count). The maximum Gasteiger partial charge on any atom is 0.419 e. The molecule has 1 aliphatic rings. The highest BCUT2D eigenvalue weighted by atomic mass is 19.3. The van der Waals surface area contributed by atoms with Crippen LogP contribution >= 0.6 is 0 Å². The molecule has 0 amide bonds. The Morgan fingerprint density at radius 1 is 0.766 bits per heavy atom. The summed E-state index contributed by atoms with van der Waals surface area (Å²) < 4.78 is 117. The molecule has 1 aliphatic carbocycles.